The van der Waals surface area contributed by atoms with Gasteiger partial charge in [0.15, 0.2) is 5.13 Å². The monoisotopic (exact) mass is 459 g/mol. The van der Waals surface area contributed by atoms with Gasteiger partial charge in [0.2, 0.25) is 0 Å². The molecular weight excluding hydrogens is 434 g/mol. The van der Waals surface area contributed by atoms with Crippen LogP contribution in [0.5, 0.6) is 0 Å². The van der Waals surface area contributed by atoms with Crippen LogP contribution in [0.2, 0.25) is 0 Å². The van der Waals surface area contributed by atoms with Gasteiger partial charge in [-0.1, -0.05) is 12.1 Å². The van der Waals surface area contributed by atoms with Crippen LogP contribution < -0.4 is 16.4 Å². The minimum Gasteiger partial charge on any atom is -0.382 e. The third-order valence-corrected chi connectivity index (χ3v) is 7.54. The minimum absolute atomic E-state index is 0.153. The van der Waals surface area contributed by atoms with Crippen LogP contribution in [0.3, 0.4) is 0 Å². The zero-order chi connectivity index (χ0) is 22.4. The molecule has 4 aromatic rings. The molecule has 9 heteroatoms. The van der Waals surface area contributed by atoms with Crippen molar-refractivity contribution in [3.63, 3.8) is 0 Å². The summed E-state index contributed by atoms with van der Waals surface area (Å²) >= 11 is 1.59. The Bertz CT molecular complexity index is 1310. The van der Waals surface area contributed by atoms with Crippen LogP contribution in [0, 0.1) is 0 Å². The van der Waals surface area contributed by atoms with Crippen molar-refractivity contribution < 1.29 is 4.79 Å². The molecule has 0 bridgehead atoms. The van der Waals surface area contributed by atoms with Gasteiger partial charge in [0.05, 0.1) is 11.7 Å². The molecule has 1 fully saturated rings. The fourth-order valence-electron chi connectivity index (χ4n) is 4.79. The number of nitrogens with one attached hydrogen (secondary N) is 2. The van der Waals surface area contributed by atoms with Crippen molar-refractivity contribution in [1.82, 2.24) is 24.7 Å². The number of thiazole rings is 1. The average molecular weight is 460 g/mol. The summed E-state index contributed by atoms with van der Waals surface area (Å²) in [6, 6.07) is 7.68. The molecule has 1 saturated heterocycles. The summed E-state index contributed by atoms with van der Waals surface area (Å²) in [7, 11) is 0. The second-order valence-electron chi connectivity index (χ2n) is 8.63. The van der Waals surface area contributed by atoms with E-state index in [2.05, 4.69) is 20.6 Å². The van der Waals surface area contributed by atoms with Crippen molar-refractivity contribution in [3.8, 4) is 11.3 Å². The summed E-state index contributed by atoms with van der Waals surface area (Å²) in [6.07, 6.45) is 10.2. The lowest BCUT2D eigenvalue weighted by Crippen LogP contribution is -2.16. The number of aromatic nitrogens is 4. The molecular formula is C24H25N7OS. The third-order valence-electron chi connectivity index (χ3n) is 6.47. The van der Waals surface area contributed by atoms with Gasteiger partial charge in [0, 0.05) is 28.4 Å². The van der Waals surface area contributed by atoms with Crippen molar-refractivity contribution >= 4 is 33.7 Å². The van der Waals surface area contributed by atoms with Gasteiger partial charge in [-0.3, -0.25) is 14.5 Å². The molecule has 4 heterocycles. The molecule has 6 rings (SSSR count). The van der Waals surface area contributed by atoms with Crippen molar-refractivity contribution in [2.75, 3.05) is 17.6 Å². The van der Waals surface area contributed by atoms with E-state index < -0.39 is 0 Å². The Morgan fingerprint density at radius 2 is 2.00 bits per heavy atom. The number of nitrogen functional groups attached to an aromatic ring is 1. The lowest BCUT2D eigenvalue weighted by Gasteiger charge is -2.08. The van der Waals surface area contributed by atoms with Crippen LogP contribution in [0.25, 0.3) is 16.8 Å². The standard InChI is InChI=1S/C24H25N7OS/c25-21-20-19(29-22(17-5-3-11-26-17)31(20)13-12-27-21)14-7-9-15(10-8-14)23(32)30-24-28-16-4-1-2-6-18(16)33-24/h7-10,12-13,17,26H,1-6,11H2,(H2,25,27)(H,28,30,32). The predicted octanol–water partition coefficient (Wildman–Crippen LogP) is 3.99. The maximum Gasteiger partial charge on any atom is 0.257 e. The Hall–Kier alpha value is -3.30. The Kier molecular flexibility index (Phi) is 5.07. The normalized spacial score (nSPS) is 17.9. The molecule has 1 aromatic carbocycles. The van der Waals surface area contributed by atoms with Crippen molar-refractivity contribution in [2.24, 2.45) is 0 Å². The number of amides is 1. The highest BCUT2D eigenvalue weighted by Gasteiger charge is 2.25. The molecule has 1 aliphatic heterocycles. The first-order valence-corrected chi connectivity index (χ1v) is 12.3. The second-order valence-corrected chi connectivity index (χ2v) is 9.71. The van der Waals surface area contributed by atoms with Crippen molar-refractivity contribution in [3.05, 3.63) is 58.6 Å². The lowest BCUT2D eigenvalue weighted by atomic mass is 10.0. The van der Waals surface area contributed by atoms with E-state index in [1.165, 1.54) is 17.7 Å². The quantitative estimate of drug-likeness (QED) is 0.426. The van der Waals surface area contributed by atoms with E-state index >= 15 is 0 Å². The second kappa shape index (κ2) is 8.24. The Labute approximate surface area is 195 Å². The first kappa shape index (κ1) is 20.3. The highest BCUT2D eigenvalue weighted by molar-refractivity contribution is 7.15. The molecule has 4 N–H and O–H groups in total. The van der Waals surface area contributed by atoms with Crippen LogP contribution in [0.15, 0.2) is 36.7 Å². The van der Waals surface area contributed by atoms with Gasteiger partial charge in [-0.25, -0.2) is 15.0 Å². The van der Waals surface area contributed by atoms with Gasteiger partial charge in [0.25, 0.3) is 5.91 Å². The summed E-state index contributed by atoms with van der Waals surface area (Å²) < 4.78 is 2.03. The molecule has 3 aromatic heterocycles. The number of benzene rings is 1. The van der Waals surface area contributed by atoms with Gasteiger partial charge in [-0.05, 0) is 57.2 Å². The zero-order valence-corrected chi connectivity index (χ0v) is 19.0. The number of aryl methyl sites for hydroxylation is 2. The van der Waals surface area contributed by atoms with Crippen molar-refractivity contribution in [2.45, 2.75) is 44.6 Å². The molecule has 1 atom stereocenters. The molecule has 0 saturated carbocycles. The summed E-state index contributed by atoms with van der Waals surface area (Å²) in [4.78, 5) is 28.0. The molecule has 0 radical (unpaired) electrons. The van der Waals surface area contributed by atoms with Crippen LogP contribution in [0.4, 0.5) is 10.9 Å². The number of nitrogens with zero attached hydrogens (tertiary/aromatic N) is 4. The molecule has 168 valence electrons. The first-order chi connectivity index (χ1) is 16.2. The van der Waals surface area contributed by atoms with Gasteiger partial charge >= 0.3 is 0 Å². The number of imidazole rings is 1. The lowest BCUT2D eigenvalue weighted by molar-refractivity contribution is 0.102. The predicted molar refractivity (Wildman–Crippen MR) is 130 cm³/mol. The molecule has 2 aliphatic rings. The fourth-order valence-corrected chi connectivity index (χ4v) is 5.84. The Morgan fingerprint density at radius 3 is 2.79 bits per heavy atom. The largest absolute Gasteiger partial charge is 0.382 e. The molecule has 1 unspecified atom stereocenters. The fraction of sp³-hybridized carbons (Fsp3) is 0.333. The van der Waals surface area contributed by atoms with E-state index in [0.29, 0.717) is 16.5 Å². The van der Waals surface area contributed by atoms with Crippen LogP contribution in [0.1, 0.15) is 58.5 Å². The topological polar surface area (TPSA) is 110 Å². The maximum atomic E-state index is 12.8. The van der Waals surface area contributed by atoms with Crippen molar-refractivity contribution in [1.29, 1.82) is 0 Å². The summed E-state index contributed by atoms with van der Waals surface area (Å²) in [5.41, 5.74) is 10.5. The molecule has 1 aliphatic carbocycles. The number of anilines is 2. The minimum atomic E-state index is -0.153. The smallest absolute Gasteiger partial charge is 0.257 e. The zero-order valence-electron chi connectivity index (χ0n) is 18.2. The third kappa shape index (κ3) is 3.67. The number of hydrogen-bond acceptors (Lipinski definition) is 7. The SMILES string of the molecule is Nc1nccn2c(C3CCCN3)nc(-c3ccc(C(=O)Nc4nc5c(s4)CCCC5)cc3)c12. The van der Waals surface area contributed by atoms with E-state index in [9.17, 15) is 4.79 Å². The van der Waals surface area contributed by atoms with Gasteiger partial charge in [-0.15, -0.1) is 11.3 Å². The molecule has 33 heavy (non-hydrogen) atoms. The van der Waals surface area contributed by atoms with Gasteiger partial charge in [-0.2, -0.15) is 0 Å². The summed E-state index contributed by atoms with van der Waals surface area (Å²) in [5.74, 6) is 1.24. The summed E-state index contributed by atoms with van der Waals surface area (Å²) in [5, 5.41) is 7.16. The van der Waals surface area contributed by atoms with E-state index in [1.807, 2.05) is 34.9 Å². The van der Waals surface area contributed by atoms with E-state index in [4.69, 9.17) is 10.7 Å². The van der Waals surface area contributed by atoms with Crippen LogP contribution >= 0.6 is 11.3 Å². The Morgan fingerprint density at radius 1 is 1.15 bits per heavy atom. The van der Waals surface area contributed by atoms with E-state index in [1.54, 1.807) is 17.5 Å². The molecule has 0 spiro atoms. The summed E-state index contributed by atoms with van der Waals surface area (Å²) in [6.45, 7) is 0.987. The Balaban J connectivity index is 1.29. The highest BCUT2D eigenvalue weighted by atomic mass is 32.1. The van der Waals surface area contributed by atoms with Crippen LogP contribution in [-0.2, 0) is 12.8 Å². The van der Waals surface area contributed by atoms with E-state index in [-0.39, 0.29) is 11.9 Å². The van der Waals surface area contributed by atoms with Crippen LogP contribution in [-0.4, -0.2) is 31.8 Å². The van der Waals surface area contributed by atoms with Gasteiger partial charge in [0.1, 0.15) is 22.9 Å². The number of rotatable bonds is 4. The number of fused-ring (bicyclic) bond motifs is 2. The first-order valence-electron chi connectivity index (χ1n) is 11.4. The number of carbonyl (C=O) groups is 1. The highest BCUT2D eigenvalue weighted by Crippen LogP contribution is 2.33. The number of nitrogens with two attached hydrogens (primary N) is 1. The van der Waals surface area contributed by atoms with E-state index in [0.717, 1.165) is 60.5 Å². The number of carbonyl (C=O) groups excluding carboxylic acids is 1. The average Bonchev–Trinajstić information content (AvgIpc) is 3.57. The maximum absolute atomic E-state index is 12.8. The number of hydrogen-bond donors (Lipinski definition) is 3. The molecule has 1 amide bonds. The van der Waals surface area contributed by atoms with Gasteiger partial charge < -0.3 is 11.1 Å². The molecule has 8 nitrogen and oxygen atoms in total.